The molecule has 1 fully saturated rings. The Hall–Kier alpha value is -2.42. The molecule has 0 saturated heterocycles. The second-order valence-electron chi connectivity index (χ2n) is 8.55. The van der Waals surface area contributed by atoms with Gasteiger partial charge in [-0.3, -0.25) is 9.59 Å². The van der Waals surface area contributed by atoms with Gasteiger partial charge in [-0.25, -0.2) is 0 Å². The molecule has 2 aromatic carbocycles. The van der Waals surface area contributed by atoms with Gasteiger partial charge >= 0.3 is 0 Å². The van der Waals surface area contributed by atoms with Crippen LogP contribution in [0, 0.1) is 11.3 Å². The first kappa shape index (κ1) is 19.3. The van der Waals surface area contributed by atoms with Crippen LogP contribution in [0.15, 0.2) is 54.6 Å². The zero-order chi connectivity index (χ0) is 19.4. The summed E-state index contributed by atoms with van der Waals surface area (Å²) in [6.07, 6.45) is 4.31. The quantitative estimate of drug-likeness (QED) is 0.788. The second-order valence-corrected chi connectivity index (χ2v) is 8.55. The predicted octanol–water partition coefficient (Wildman–Crippen LogP) is 5.26. The highest BCUT2D eigenvalue weighted by atomic mass is 16.2. The van der Waals surface area contributed by atoms with E-state index in [0.29, 0.717) is 5.56 Å². The van der Waals surface area contributed by atoms with Crippen molar-refractivity contribution >= 4 is 11.7 Å². The number of ketones is 1. The summed E-state index contributed by atoms with van der Waals surface area (Å²) in [7, 11) is 0. The van der Waals surface area contributed by atoms with E-state index in [1.807, 2.05) is 75.4 Å². The molecular weight excluding hydrogens is 334 g/mol. The number of hydrogen-bond acceptors (Lipinski definition) is 2. The largest absolute Gasteiger partial charge is 0.342 e. The van der Waals surface area contributed by atoms with E-state index in [2.05, 4.69) is 5.32 Å². The van der Waals surface area contributed by atoms with Crippen LogP contribution in [-0.4, -0.2) is 17.7 Å². The number of benzene rings is 2. The van der Waals surface area contributed by atoms with Crippen molar-refractivity contribution < 1.29 is 9.59 Å². The van der Waals surface area contributed by atoms with Crippen LogP contribution in [0.25, 0.3) is 11.1 Å². The molecule has 3 rings (SSSR count). The first-order chi connectivity index (χ1) is 12.9. The topological polar surface area (TPSA) is 46.2 Å². The highest BCUT2D eigenvalue weighted by molar-refractivity contribution is 5.99. The maximum Gasteiger partial charge on any atom is 0.251 e. The van der Waals surface area contributed by atoms with Gasteiger partial charge in [0.2, 0.25) is 0 Å². The molecule has 1 saturated carbocycles. The average molecular weight is 364 g/mol. The minimum absolute atomic E-state index is 0.128. The van der Waals surface area contributed by atoms with Crippen LogP contribution < -0.4 is 5.32 Å². The van der Waals surface area contributed by atoms with E-state index in [1.54, 1.807) is 0 Å². The van der Waals surface area contributed by atoms with Crippen molar-refractivity contribution in [3.8, 4) is 11.1 Å². The van der Waals surface area contributed by atoms with Crippen molar-refractivity contribution in [3.63, 3.8) is 0 Å². The summed E-state index contributed by atoms with van der Waals surface area (Å²) in [5.41, 5.74) is 2.33. The highest BCUT2D eigenvalue weighted by Crippen LogP contribution is 2.32. The summed E-state index contributed by atoms with van der Waals surface area (Å²) in [6.45, 7) is 5.79. The number of rotatable bonds is 5. The molecule has 3 heteroatoms. The van der Waals surface area contributed by atoms with Crippen LogP contribution in [0.1, 0.15) is 56.8 Å². The van der Waals surface area contributed by atoms with Gasteiger partial charge in [-0.1, -0.05) is 76.1 Å². The number of carbonyl (C=O) groups is 2. The van der Waals surface area contributed by atoms with Crippen molar-refractivity contribution in [1.29, 1.82) is 0 Å². The van der Waals surface area contributed by atoms with E-state index < -0.39 is 11.5 Å². The number of carbonyl (C=O) groups excluding carboxylic acids is 2. The first-order valence-corrected chi connectivity index (χ1v) is 9.87. The monoisotopic (exact) mass is 363 g/mol. The van der Waals surface area contributed by atoms with E-state index in [4.69, 9.17) is 0 Å². The van der Waals surface area contributed by atoms with E-state index in [0.717, 1.165) is 36.8 Å². The minimum atomic E-state index is -0.461. The Balaban J connectivity index is 1.76. The molecule has 0 radical (unpaired) electrons. The van der Waals surface area contributed by atoms with Gasteiger partial charge in [0.15, 0.2) is 5.78 Å². The molecule has 142 valence electrons. The second kappa shape index (κ2) is 8.08. The molecule has 0 aromatic heterocycles. The van der Waals surface area contributed by atoms with Gasteiger partial charge in [0.05, 0.1) is 6.04 Å². The Morgan fingerprint density at radius 2 is 1.44 bits per heavy atom. The lowest BCUT2D eigenvalue weighted by atomic mass is 9.80. The normalized spacial score (nSPS) is 16.1. The standard InChI is InChI=1S/C24H29NO2/c1-24(2,3)22(26)21(19-11-7-8-12-19)25-23(27)20-15-13-18(14-16-20)17-9-5-4-6-10-17/h4-6,9-10,13-16,19,21H,7-8,11-12H2,1-3H3,(H,25,27)/t21-/m0/s1. The number of nitrogens with one attached hydrogen (secondary N) is 1. The van der Waals surface area contributed by atoms with Crippen LogP contribution in [0.3, 0.4) is 0 Å². The number of hydrogen-bond donors (Lipinski definition) is 1. The summed E-state index contributed by atoms with van der Waals surface area (Å²) in [5.74, 6) is 0.219. The molecule has 1 aliphatic rings. The Kier molecular flexibility index (Phi) is 5.79. The number of Topliss-reactive ketones (excluding diaryl/α,β-unsaturated/α-hetero) is 1. The SMILES string of the molecule is CC(C)(C)C(=O)[C@@H](NC(=O)c1ccc(-c2ccccc2)cc1)C1CCCC1. The molecule has 1 amide bonds. The van der Waals surface area contributed by atoms with Crippen LogP contribution in [0.4, 0.5) is 0 Å². The molecule has 0 aliphatic heterocycles. The fourth-order valence-corrected chi connectivity index (χ4v) is 3.82. The van der Waals surface area contributed by atoms with Gasteiger partial charge in [-0.15, -0.1) is 0 Å². The summed E-state index contributed by atoms with van der Waals surface area (Å²) < 4.78 is 0. The zero-order valence-electron chi connectivity index (χ0n) is 16.5. The Bertz CT molecular complexity index is 781. The van der Waals surface area contributed by atoms with Crippen molar-refractivity contribution in [3.05, 3.63) is 60.2 Å². The molecule has 1 N–H and O–H groups in total. The lowest BCUT2D eigenvalue weighted by molar-refractivity contribution is -0.129. The Labute approximate surface area is 162 Å². The van der Waals surface area contributed by atoms with Gasteiger partial charge in [0, 0.05) is 11.0 Å². The smallest absolute Gasteiger partial charge is 0.251 e. The molecule has 0 heterocycles. The van der Waals surface area contributed by atoms with Crippen molar-refractivity contribution in [2.24, 2.45) is 11.3 Å². The van der Waals surface area contributed by atoms with Crippen LogP contribution in [0.2, 0.25) is 0 Å². The molecule has 0 unspecified atom stereocenters. The van der Waals surface area contributed by atoms with Gasteiger partial charge < -0.3 is 5.32 Å². The maximum absolute atomic E-state index is 12.9. The van der Waals surface area contributed by atoms with Gasteiger partial charge in [0.1, 0.15) is 0 Å². The third-order valence-electron chi connectivity index (χ3n) is 5.43. The van der Waals surface area contributed by atoms with Gasteiger partial charge in [-0.05, 0) is 42.0 Å². The maximum atomic E-state index is 12.9. The van der Waals surface area contributed by atoms with Crippen LogP contribution in [-0.2, 0) is 4.79 Å². The summed E-state index contributed by atoms with van der Waals surface area (Å²) in [6, 6.07) is 17.3. The van der Waals surface area contributed by atoms with Gasteiger partial charge in [0.25, 0.3) is 5.91 Å². The minimum Gasteiger partial charge on any atom is -0.342 e. The van der Waals surface area contributed by atoms with Crippen LogP contribution in [0.5, 0.6) is 0 Å². The third kappa shape index (κ3) is 4.65. The fourth-order valence-electron chi connectivity index (χ4n) is 3.82. The number of amides is 1. The van der Waals surface area contributed by atoms with Crippen molar-refractivity contribution in [2.45, 2.75) is 52.5 Å². The molecular formula is C24H29NO2. The van der Waals surface area contributed by atoms with E-state index in [9.17, 15) is 9.59 Å². The van der Waals surface area contributed by atoms with Crippen molar-refractivity contribution in [1.82, 2.24) is 5.32 Å². The lowest BCUT2D eigenvalue weighted by Gasteiger charge is -2.29. The Morgan fingerprint density at radius 3 is 2.00 bits per heavy atom. The molecule has 0 spiro atoms. The average Bonchev–Trinajstić information content (AvgIpc) is 3.20. The highest BCUT2D eigenvalue weighted by Gasteiger charge is 2.37. The molecule has 1 atom stereocenters. The molecule has 1 aliphatic carbocycles. The molecule has 0 bridgehead atoms. The molecule has 2 aromatic rings. The van der Waals surface area contributed by atoms with E-state index in [-0.39, 0.29) is 17.6 Å². The lowest BCUT2D eigenvalue weighted by Crippen LogP contribution is -2.49. The fraction of sp³-hybridized carbons (Fsp3) is 0.417. The first-order valence-electron chi connectivity index (χ1n) is 9.87. The summed E-state index contributed by atoms with van der Waals surface area (Å²) in [4.78, 5) is 25.8. The zero-order valence-corrected chi connectivity index (χ0v) is 16.5. The van der Waals surface area contributed by atoms with Crippen molar-refractivity contribution in [2.75, 3.05) is 0 Å². The molecule has 27 heavy (non-hydrogen) atoms. The van der Waals surface area contributed by atoms with E-state index >= 15 is 0 Å². The predicted molar refractivity (Wildman–Crippen MR) is 110 cm³/mol. The Morgan fingerprint density at radius 1 is 0.889 bits per heavy atom. The van der Waals surface area contributed by atoms with Crippen LogP contribution >= 0.6 is 0 Å². The third-order valence-corrected chi connectivity index (χ3v) is 5.43. The summed E-state index contributed by atoms with van der Waals surface area (Å²) >= 11 is 0. The van der Waals surface area contributed by atoms with E-state index in [1.165, 1.54) is 0 Å². The van der Waals surface area contributed by atoms with Gasteiger partial charge in [-0.2, -0.15) is 0 Å². The summed E-state index contributed by atoms with van der Waals surface area (Å²) in [5, 5.41) is 3.05. The molecule has 3 nitrogen and oxygen atoms in total.